The first-order valence-corrected chi connectivity index (χ1v) is 8.69. The van der Waals surface area contributed by atoms with Crippen LogP contribution in [0.5, 0.6) is 5.88 Å². The van der Waals surface area contributed by atoms with Crippen molar-refractivity contribution in [1.82, 2.24) is 15.1 Å². The summed E-state index contributed by atoms with van der Waals surface area (Å²) in [6.07, 6.45) is 0.717. The Labute approximate surface area is 153 Å². The van der Waals surface area contributed by atoms with E-state index in [9.17, 15) is 4.79 Å². The van der Waals surface area contributed by atoms with Gasteiger partial charge in [-0.05, 0) is 11.6 Å². The molecule has 1 unspecified atom stereocenters. The van der Waals surface area contributed by atoms with E-state index in [0.717, 1.165) is 17.8 Å². The summed E-state index contributed by atoms with van der Waals surface area (Å²) in [4.78, 5) is 15.9. The van der Waals surface area contributed by atoms with E-state index < -0.39 is 0 Å². The van der Waals surface area contributed by atoms with Gasteiger partial charge in [-0.3, -0.25) is 4.79 Å². The Morgan fingerprint density at radius 2 is 2.00 bits per heavy atom. The zero-order chi connectivity index (χ0) is 18.4. The monoisotopic (exact) mass is 356 g/mol. The minimum Gasteiger partial charge on any atom is -0.471 e. The number of amides is 1. The highest BCUT2D eigenvalue weighted by Gasteiger charge is 2.27. The SMILES string of the molecule is CN(C)c1ccc(OC2CCN(C(=O)COCc3ccccc3)C2)nn1. The molecule has 2 heterocycles. The second kappa shape index (κ2) is 8.62. The lowest BCUT2D eigenvalue weighted by molar-refractivity contribution is -0.135. The van der Waals surface area contributed by atoms with Gasteiger partial charge in [0.05, 0.1) is 13.2 Å². The summed E-state index contributed by atoms with van der Waals surface area (Å²) in [5, 5.41) is 8.17. The van der Waals surface area contributed by atoms with E-state index in [-0.39, 0.29) is 18.6 Å². The van der Waals surface area contributed by atoms with Crippen LogP contribution < -0.4 is 9.64 Å². The fraction of sp³-hybridized carbons (Fsp3) is 0.421. The number of likely N-dealkylation sites (tertiary alicyclic amines) is 1. The molecule has 0 spiro atoms. The van der Waals surface area contributed by atoms with Crippen molar-refractivity contribution in [2.45, 2.75) is 19.1 Å². The third kappa shape index (κ3) is 4.92. The van der Waals surface area contributed by atoms with Crippen molar-refractivity contribution >= 4 is 11.7 Å². The first kappa shape index (κ1) is 18.1. The van der Waals surface area contributed by atoms with Crippen molar-refractivity contribution in [1.29, 1.82) is 0 Å². The zero-order valence-corrected chi connectivity index (χ0v) is 15.2. The smallest absolute Gasteiger partial charge is 0.248 e. The van der Waals surface area contributed by atoms with Crippen LogP contribution in [0.3, 0.4) is 0 Å². The molecule has 0 aliphatic carbocycles. The maximum absolute atomic E-state index is 12.3. The molecule has 1 aromatic carbocycles. The van der Waals surface area contributed by atoms with Gasteiger partial charge in [-0.2, -0.15) is 0 Å². The average molecular weight is 356 g/mol. The number of hydrogen-bond acceptors (Lipinski definition) is 6. The van der Waals surface area contributed by atoms with Crippen molar-refractivity contribution in [3.8, 4) is 5.88 Å². The number of nitrogens with zero attached hydrogens (tertiary/aromatic N) is 4. The number of anilines is 1. The van der Waals surface area contributed by atoms with Gasteiger partial charge < -0.3 is 19.3 Å². The highest BCUT2D eigenvalue weighted by atomic mass is 16.5. The number of rotatable bonds is 7. The van der Waals surface area contributed by atoms with Gasteiger partial charge in [0, 0.05) is 33.1 Å². The van der Waals surface area contributed by atoms with Crippen molar-refractivity contribution < 1.29 is 14.3 Å². The van der Waals surface area contributed by atoms with Crippen molar-refractivity contribution in [3.05, 3.63) is 48.0 Å². The van der Waals surface area contributed by atoms with Crippen LogP contribution >= 0.6 is 0 Å². The lowest BCUT2D eigenvalue weighted by Gasteiger charge is -2.17. The van der Waals surface area contributed by atoms with E-state index in [0.29, 0.717) is 25.6 Å². The van der Waals surface area contributed by atoms with Gasteiger partial charge in [0.2, 0.25) is 11.8 Å². The minimum atomic E-state index is -0.0624. The molecule has 7 nitrogen and oxygen atoms in total. The zero-order valence-electron chi connectivity index (χ0n) is 15.2. The molecule has 1 amide bonds. The molecule has 1 aromatic heterocycles. The first-order chi connectivity index (χ1) is 12.6. The molecule has 0 bridgehead atoms. The Morgan fingerprint density at radius 3 is 2.69 bits per heavy atom. The number of carbonyl (C=O) groups excluding carboxylic acids is 1. The average Bonchev–Trinajstić information content (AvgIpc) is 3.11. The van der Waals surface area contributed by atoms with Crippen molar-refractivity contribution in [3.63, 3.8) is 0 Å². The predicted octanol–water partition coefficient (Wildman–Crippen LogP) is 1.74. The fourth-order valence-electron chi connectivity index (χ4n) is 2.76. The molecule has 138 valence electrons. The van der Waals surface area contributed by atoms with Gasteiger partial charge in [-0.15, -0.1) is 10.2 Å². The van der Waals surface area contributed by atoms with Crippen LogP contribution in [-0.2, 0) is 16.1 Å². The number of aromatic nitrogens is 2. The predicted molar refractivity (Wildman–Crippen MR) is 98.1 cm³/mol. The van der Waals surface area contributed by atoms with Crippen LogP contribution in [0.2, 0.25) is 0 Å². The van der Waals surface area contributed by atoms with E-state index in [1.807, 2.05) is 55.4 Å². The second-order valence-electron chi connectivity index (χ2n) is 6.47. The highest BCUT2D eigenvalue weighted by Crippen LogP contribution is 2.17. The summed E-state index contributed by atoms with van der Waals surface area (Å²) in [6.45, 7) is 1.74. The Hall–Kier alpha value is -2.67. The largest absolute Gasteiger partial charge is 0.471 e. The summed E-state index contributed by atoms with van der Waals surface area (Å²) >= 11 is 0. The maximum atomic E-state index is 12.3. The van der Waals surface area contributed by atoms with Gasteiger partial charge >= 0.3 is 0 Å². The number of ether oxygens (including phenoxy) is 2. The summed E-state index contributed by atoms with van der Waals surface area (Å²) in [5.74, 6) is 1.24. The van der Waals surface area contributed by atoms with Gasteiger partial charge in [-0.25, -0.2) is 0 Å². The molecular formula is C19H24N4O3. The normalized spacial score (nSPS) is 16.5. The summed E-state index contributed by atoms with van der Waals surface area (Å²) < 4.78 is 11.4. The fourth-order valence-corrected chi connectivity index (χ4v) is 2.76. The Bertz CT molecular complexity index is 706. The van der Waals surface area contributed by atoms with Crippen LogP contribution in [0.25, 0.3) is 0 Å². The maximum Gasteiger partial charge on any atom is 0.248 e. The molecule has 7 heteroatoms. The summed E-state index contributed by atoms with van der Waals surface area (Å²) in [5.41, 5.74) is 1.06. The third-order valence-electron chi connectivity index (χ3n) is 4.21. The molecule has 1 atom stereocenters. The van der Waals surface area contributed by atoms with Gasteiger partial charge in [0.25, 0.3) is 0 Å². The van der Waals surface area contributed by atoms with Crippen molar-refractivity contribution in [2.75, 3.05) is 38.7 Å². The summed E-state index contributed by atoms with van der Waals surface area (Å²) in [7, 11) is 3.82. The molecule has 0 saturated carbocycles. The lowest BCUT2D eigenvalue weighted by atomic mass is 10.2. The number of carbonyl (C=O) groups is 1. The Balaban J connectivity index is 1.42. The molecule has 2 aromatic rings. The summed E-state index contributed by atoms with van der Waals surface area (Å²) in [6, 6.07) is 13.5. The highest BCUT2D eigenvalue weighted by molar-refractivity contribution is 5.77. The molecule has 0 N–H and O–H groups in total. The Morgan fingerprint density at radius 1 is 1.19 bits per heavy atom. The van der Waals surface area contributed by atoms with E-state index in [1.165, 1.54) is 0 Å². The van der Waals surface area contributed by atoms with E-state index in [4.69, 9.17) is 9.47 Å². The van der Waals surface area contributed by atoms with Gasteiger partial charge in [-0.1, -0.05) is 30.3 Å². The Kier molecular flexibility index (Phi) is 6.01. The van der Waals surface area contributed by atoms with E-state index in [2.05, 4.69) is 10.2 Å². The molecule has 3 rings (SSSR count). The standard InChI is InChI=1S/C19H24N4O3/c1-22(2)17-8-9-18(21-20-17)26-16-10-11-23(12-16)19(24)14-25-13-15-6-4-3-5-7-15/h3-9,16H,10-14H2,1-2H3. The molecule has 1 aliphatic rings. The molecule has 26 heavy (non-hydrogen) atoms. The van der Waals surface area contributed by atoms with Crippen LogP contribution in [0.15, 0.2) is 42.5 Å². The van der Waals surface area contributed by atoms with E-state index >= 15 is 0 Å². The molecule has 1 saturated heterocycles. The molecule has 1 aliphatic heterocycles. The number of benzene rings is 1. The second-order valence-corrected chi connectivity index (χ2v) is 6.47. The third-order valence-corrected chi connectivity index (χ3v) is 4.21. The lowest BCUT2D eigenvalue weighted by Crippen LogP contribution is -2.33. The number of hydrogen-bond donors (Lipinski definition) is 0. The minimum absolute atomic E-state index is 0.0129. The van der Waals surface area contributed by atoms with Gasteiger partial charge in [0.15, 0.2) is 5.82 Å². The van der Waals surface area contributed by atoms with E-state index in [1.54, 1.807) is 11.0 Å². The van der Waals surface area contributed by atoms with Crippen LogP contribution in [0.4, 0.5) is 5.82 Å². The van der Waals surface area contributed by atoms with Crippen LogP contribution in [-0.4, -0.2) is 60.9 Å². The van der Waals surface area contributed by atoms with Crippen molar-refractivity contribution in [2.24, 2.45) is 0 Å². The van der Waals surface area contributed by atoms with Crippen LogP contribution in [0.1, 0.15) is 12.0 Å². The molecule has 1 fully saturated rings. The van der Waals surface area contributed by atoms with Crippen LogP contribution in [0, 0.1) is 0 Å². The molecular weight excluding hydrogens is 332 g/mol. The topological polar surface area (TPSA) is 67.8 Å². The van der Waals surface area contributed by atoms with Gasteiger partial charge in [0.1, 0.15) is 12.7 Å². The molecule has 0 radical (unpaired) electrons. The quantitative estimate of drug-likeness (QED) is 0.753. The first-order valence-electron chi connectivity index (χ1n) is 8.69.